The number of anilines is 1. The van der Waals surface area contributed by atoms with Gasteiger partial charge in [0.1, 0.15) is 6.04 Å². The van der Waals surface area contributed by atoms with Crippen molar-refractivity contribution >= 4 is 17.6 Å². The molecule has 1 rings (SSSR count). The standard InChI is InChI=1S/C12H13F3N2O3/c1-6(12(19)20)17(2)5-9(18)16-8-4-3-7(13)10(14)11(8)15/h3-4,6H,5H2,1-2H3,(H,16,18)(H,19,20). The first-order valence-electron chi connectivity index (χ1n) is 5.60. The molecule has 0 heterocycles. The maximum absolute atomic E-state index is 13.3. The summed E-state index contributed by atoms with van der Waals surface area (Å²) in [5.74, 6) is -6.43. The first-order chi connectivity index (χ1) is 9.23. The molecule has 0 aliphatic rings. The van der Waals surface area contributed by atoms with E-state index >= 15 is 0 Å². The predicted octanol–water partition coefficient (Wildman–Crippen LogP) is 1.45. The van der Waals surface area contributed by atoms with Crippen molar-refractivity contribution in [1.82, 2.24) is 4.90 Å². The number of aliphatic carboxylic acids is 1. The van der Waals surface area contributed by atoms with Crippen molar-refractivity contribution in [2.24, 2.45) is 0 Å². The largest absolute Gasteiger partial charge is 0.480 e. The zero-order valence-corrected chi connectivity index (χ0v) is 10.8. The fraction of sp³-hybridized carbons (Fsp3) is 0.333. The molecule has 0 aliphatic carbocycles. The van der Waals surface area contributed by atoms with Crippen LogP contribution in [0.3, 0.4) is 0 Å². The number of carboxylic acid groups (broad SMARTS) is 1. The molecule has 1 atom stereocenters. The summed E-state index contributed by atoms with van der Waals surface area (Å²) in [4.78, 5) is 23.5. The van der Waals surface area contributed by atoms with Crippen LogP contribution in [0.15, 0.2) is 12.1 Å². The molecule has 1 aromatic rings. The van der Waals surface area contributed by atoms with E-state index in [0.717, 1.165) is 6.07 Å². The molecule has 0 spiro atoms. The molecule has 20 heavy (non-hydrogen) atoms. The topological polar surface area (TPSA) is 69.6 Å². The van der Waals surface area contributed by atoms with Crippen LogP contribution in [0.4, 0.5) is 18.9 Å². The van der Waals surface area contributed by atoms with E-state index < -0.39 is 41.1 Å². The van der Waals surface area contributed by atoms with Crippen molar-refractivity contribution in [3.63, 3.8) is 0 Å². The summed E-state index contributed by atoms with van der Waals surface area (Å²) >= 11 is 0. The molecule has 1 unspecified atom stereocenters. The summed E-state index contributed by atoms with van der Waals surface area (Å²) in [5, 5.41) is 10.8. The zero-order valence-electron chi connectivity index (χ0n) is 10.8. The molecule has 0 saturated heterocycles. The monoisotopic (exact) mass is 290 g/mol. The lowest BCUT2D eigenvalue weighted by atomic mass is 10.2. The Morgan fingerprint density at radius 3 is 2.45 bits per heavy atom. The molecule has 0 radical (unpaired) electrons. The van der Waals surface area contributed by atoms with Gasteiger partial charge in [0.05, 0.1) is 12.2 Å². The second-order valence-corrected chi connectivity index (χ2v) is 4.20. The van der Waals surface area contributed by atoms with Crippen LogP contribution in [0.25, 0.3) is 0 Å². The fourth-order valence-electron chi connectivity index (χ4n) is 1.36. The van der Waals surface area contributed by atoms with E-state index in [2.05, 4.69) is 0 Å². The Bertz CT molecular complexity index is 537. The summed E-state index contributed by atoms with van der Waals surface area (Å²) in [6.45, 7) is 1.03. The Morgan fingerprint density at radius 2 is 1.90 bits per heavy atom. The molecule has 2 N–H and O–H groups in total. The smallest absolute Gasteiger partial charge is 0.320 e. The third-order valence-electron chi connectivity index (χ3n) is 2.72. The maximum Gasteiger partial charge on any atom is 0.320 e. The van der Waals surface area contributed by atoms with Gasteiger partial charge in [-0.2, -0.15) is 0 Å². The van der Waals surface area contributed by atoms with E-state index in [1.807, 2.05) is 5.32 Å². The van der Waals surface area contributed by atoms with Crippen molar-refractivity contribution in [3.05, 3.63) is 29.6 Å². The Labute approximate surface area is 113 Å². The molecular formula is C12H13F3N2O3. The zero-order chi connectivity index (χ0) is 15.4. The van der Waals surface area contributed by atoms with E-state index in [1.54, 1.807) is 0 Å². The lowest BCUT2D eigenvalue weighted by molar-refractivity contribution is -0.142. The molecule has 0 saturated carbocycles. The number of hydrogen-bond donors (Lipinski definition) is 2. The second kappa shape index (κ2) is 6.38. The molecule has 1 aromatic carbocycles. The van der Waals surface area contributed by atoms with Gasteiger partial charge in [-0.05, 0) is 26.1 Å². The number of nitrogens with zero attached hydrogens (tertiary/aromatic N) is 1. The fourth-order valence-corrected chi connectivity index (χ4v) is 1.36. The number of carbonyl (C=O) groups is 2. The summed E-state index contributed by atoms with van der Waals surface area (Å²) < 4.78 is 39.0. The van der Waals surface area contributed by atoms with Crippen molar-refractivity contribution in [3.8, 4) is 0 Å². The highest BCUT2D eigenvalue weighted by Crippen LogP contribution is 2.19. The second-order valence-electron chi connectivity index (χ2n) is 4.20. The minimum absolute atomic E-state index is 0.341. The van der Waals surface area contributed by atoms with Gasteiger partial charge in [-0.25, -0.2) is 13.2 Å². The van der Waals surface area contributed by atoms with Crippen LogP contribution in [-0.4, -0.2) is 41.5 Å². The minimum atomic E-state index is -1.69. The highest BCUT2D eigenvalue weighted by atomic mass is 19.2. The van der Waals surface area contributed by atoms with Gasteiger partial charge in [0.2, 0.25) is 5.91 Å². The first kappa shape index (κ1) is 16.0. The minimum Gasteiger partial charge on any atom is -0.480 e. The van der Waals surface area contributed by atoms with Crippen LogP contribution in [0.2, 0.25) is 0 Å². The van der Waals surface area contributed by atoms with Gasteiger partial charge in [-0.3, -0.25) is 14.5 Å². The number of carbonyl (C=O) groups excluding carboxylic acids is 1. The first-order valence-corrected chi connectivity index (χ1v) is 5.60. The van der Waals surface area contributed by atoms with Crippen molar-refractivity contribution < 1.29 is 27.9 Å². The number of rotatable bonds is 5. The highest BCUT2D eigenvalue weighted by Gasteiger charge is 2.20. The average molecular weight is 290 g/mol. The van der Waals surface area contributed by atoms with Gasteiger partial charge >= 0.3 is 5.97 Å². The number of likely N-dealkylation sites (N-methyl/N-ethyl adjacent to an activating group) is 1. The Hall–Kier alpha value is -2.09. The molecule has 0 aromatic heterocycles. The number of carboxylic acids is 1. The Kier molecular flexibility index (Phi) is 5.09. The van der Waals surface area contributed by atoms with E-state index in [1.165, 1.54) is 18.9 Å². The summed E-state index contributed by atoms with van der Waals surface area (Å²) in [6.07, 6.45) is 0. The number of amides is 1. The van der Waals surface area contributed by atoms with Gasteiger partial charge < -0.3 is 10.4 Å². The third kappa shape index (κ3) is 3.70. The molecule has 0 bridgehead atoms. The molecule has 110 valence electrons. The summed E-state index contributed by atoms with van der Waals surface area (Å²) in [7, 11) is 1.39. The van der Waals surface area contributed by atoms with Crippen molar-refractivity contribution in [2.45, 2.75) is 13.0 Å². The van der Waals surface area contributed by atoms with Crippen molar-refractivity contribution in [2.75, 3.05) is 18.9 Å². The molecule has 8 heteroatoms. The number of benzene rings is 1. The van der Waals surface area contributed by atoms with Crippen LogP contribution in [0, 0.1) is 17.5 Å². The number of nitrogens with one attached hydrogen (secondary N) is 1. The molecule has 0 fully saturated rings. The van der Waals surface area contributed by atoms with Crippen molar-refractivity contribution in [1.29, 1.82) is 0 Å². The van der Waals surface area contributed by atoms with Gasteiger partial charge in [0.15, 0.2) is 17.5 Å². The van der Waals surface area contributed by atoms with E-state index in [9.17, 15) is 22.8 Å². The number of hydrogen-bond acceptors (Lipinski definition) is 3. The maximum atomic E-state index is 13.3. The van der Waals surface area contributed by atoms with Gasteiger partial charge in [0.25, 0.3) is 0 Å². The quantitative estimate of drug-likeness (QED) is 0.805. The lowest BCUT2D eigenvalue weighted by Gasteiger charge is -2.20. The normalized spacial score (nSPS) is 12.3. The Morgan fingerprint density at radius 1 is 1.30 bits per heavy atom. The van der Waals surface area contributed by atoms with Crippen LogP contribution in [-0.2, 0) is 9.59 Å². The van der Waals surface area contributed by atoms with Gasteiger partial charge in [-0.15, -0.1) is 0 Å². The third-order valence-corrected chi connectivity index (χ3v) is 2.72. The van der Waals surface area contributed by atoms with E-state index in [-0.39, 0.29) is 6.54 Å². The average Bonchev–Trinajstić information content (AvgIpc) is 2.38. The summed E-state index contributed by atoms with van der Waals surface area (Å²) in [6, 6.07) is 0.639. The summed E-state index contributed by atoms with van der Waals surface area (Å²) in [5.41, 5.74) is -0.509. The van der Waals surface area contributed by atoms with E-state index in [4.69, 9.17) is 5.11 Å². The molecule has 5 nitrogen and oxygen atoms in total. The lowest BCUT2D eigenvalue weighted by Crippen LogP contribution is -2.40. The SMILES string of the molecule is CC(C(=O)O)N(C)CC(=O)Nc1ccc(F)c(F)c1F. The molecule has 0 aliphatic heterocycles. The van der Waals surface area contributed by atoms with E-state index in [0.29, 0.717) is 6.07 Å². The Balaban J connectivity index is 2.73. The predicted molar refractivity (Wildman–Crippen MR) is 64.7 cm³/mol. The number of halogens is 3. The van der Waals surface area contributed by atoms with Gasteiger partial charge in [0, 0.05) is 0 Å². The van der Waals surface area contributed by atoms with Crippen LogP contribution in [0.5, 0.6) is 0 Å². The van der Waals surface area contributed by atoms with Crippen LogP contribution < -0.4 is 5.32 Å². The van der Waals surface area contributed by atoms with Crippen LogP contribution in [0.1, 0.15) is 6.92 Å². The van der Waals surface area contributed by atoms with Crippen LogP contribution >= 0.6 is 0 Å². The highest BCUT2D eigenvalue weighted by molar-refractivity contribution is 5.92. The molecular weight excluding hydrogens is 277 g/mol. The molecule has 1 amide bonds. The van der Waals surface area contributed by atoms with Gasteiger partial charge in [-0.1, -0.05) is 0 Å².